The maximum absolute atomic E-state index is 12.9. The lowest BCUT2D eigenvalue weighted by Crippen LogP contribution is -2.53. The van der Waals surface area contributed by atoms with Crippen LogP contribution in [0.1, 0.15) is 25.3 Å². The Morgan fingerprint density at radius 3 is 2.74 bits per heavy atom. The summed E-state index contributed by atoms with van der Waals surface area (Å²) in [5.74, 6) is 0. The number of nitrogens with two attached hydrogens (primary N) is 1. The molecule has 3 heterocycles. The third-order valence-electron chi connectivity index (χ3n) is 4.32. The van der Waals surface area contributed by atoms with Crippen LogP contribution >= 0.6 is 22.7 Å². The van der Waals surface area contributed by atoms with E-state index >= 15 is 0 Å². The number of aryl methyl sites for hydroxylation is 1. The van der Waals surface area contributed by atoms with Crippen molar-refractivity contribution in [3.05, 3.63) is 22.5 Å². The number of nitrogens with zero attached hydrogens (tertiary/aromatic N) is 2. The molecule has 1 unspecified atom stereocenters. The molecule has 5 nitrogen and oxygen atoms in total. The molecule has 0 bridgehead atoms. The zero-order valence-corrected chi connectivity index (χ0v) is 15.9. The summed E-state index contributed by atoms with van der Waals surface area (Å²) in [4.78, 5) is 5.32. The molecule has 1 atom stereocenters. The third-order valence-corrected chi connectivity index (χ3v) is 8.52. The highest BCUT2D eigenvalue weighted by molar-refractivity contribution is 7.91. The van der Waals surface area contributed by atoms with E-state index < -0.39 is 10.0 Å². The molecule has 2 N–H and O–H groups in total. The number of thiophene rings is 1. The fourth-order valence-corrected chi connectivity index (χ4v) is 6.47. The molecule has 1 aliphatic rings. The van der Waals surface area contributed by atoms with Crippen LogP contribution < -0.4 is 5.73 Å². The van der Waals surface area contributed by atoms with E-state index in [0.717, 1.165) is 15.6 Å². The van der Waals surface area contributed by atoms with E-state index in [0.29, 0.717) is 23.7 Å². The minimum atomic E-state index is -3.46. The van der Waals surface area contributed by atoms with Crippen LogP contribution in [0.5, 0.6) is 0 Å². The first-order valence-corrected chi connectivity index (χ1v) is 10.6. The van der Waals surface area contributed by atoms with E-state index in [-0.39, 0.29) is 11.5 Å². The lowest BCUT2D eigenvalue weighted by molar-refractivity contribution is 0.156. The molecule has 0 aliphatic carbocycles. The van der Waals surface area contributed by atoms with Gasteiger partial charge in [0.2, 0.25) is 0 Å². The van der Waals surface area contributed by atoms with Crippen molar-refractivity contribution < 1.29 is 8.42 Å². The van der Waals surface area contributed by atoms with Gasteiger partial charge in [-0.2, -0.15) is 4.31 Å². The van der Waals surface area contributed by atoms with Crippen molar-refractivity contribution in [2.45, 2.75) is 37.4 Å². The molecule has 1 aliphatic heterocycles. The summed E-state index contributed by atoms with van der Waals surface area (Å²) < 4.78 is 27.8. The molecule has 3 rings (SSSR count). The topological polar surface area (TPSA) is 76.3 Å². The number of aromatic nitrogens is 1. The summed E-state index contributed by atoms with van der Waals surface area (Å²) in [6.45, 7) is 6.93. The van der Waals surface area contributed by atoms with E-state index in [1.54, 1.807) is 21.7 Å². The monoisotopic (exact) mass is 371 g/mol. The van der Waals surface area contributed by atoms with Crippen LogP contribution in [0.2, 0.25) is 0 Å². The number of hydrogen-bond donors (Lipinski definition) is 1. The average molecular weight is 372 g/mol. The highest BCUT2D eigenvalue weighted by atomic mass is 32.2. The van der Waals surface area contributed by atoms with Crippen LogP contribution in [0.25, 0.3) is 10.6 Å². The predicted octanol–water partition coefficient (Wildman–Crippen LogP) is 2.93. The fraction of sp³-hybridized carbons (Fsp3) is 0.533. The van der Waals surface area contributed by atoms with Gasteiger partial charge in [0.15, 0.2) is 0 Å². The van der Waals surface area contributed by atoms with E-state index in [9.17, 15) is 8.42 Å². The van der Waals surface area contributed by atoms with Crippen molar-refractivity contribution in [3.63, 3.8) is 0 Å². The Morgan fingerprint density at radius 1 is 1.39 bits per heavy atom. The van der Waals surface area contributed by atoms with E-state index in [1.165, 1.54) is 11.3 Å². The van der Waals surface area contributed by atoms with Gasteiger partial charge in [0.1, 0.15) is 4.21 Å². The summed E-state index contributed by atoms with van der Waals surface area (Å²) in [5.41, 5.74) is 6.75. The Hall–Kier alpha value is -0.800. The van der Waals surface area contributed by atoms with Gasteiger partial charge in [-0.1, -0.05) is 13.8 Å². The Bertz CT molecular complexity index is 808. The minimum absolute atomic E-state index is 0.0332. The summed E-state index contributed by atoms with van der Waals surface area (Å²) >= 11 is 2.85. The Labute approximate surface area is 145 Å². The Balaban J connectivity index is 1.87. The second-order valence-corrected chi connectivity index (χ2v) is 10.9. The zero-order chi connectivity index (χ0) is 16.8. The summed E-state index contributed by atoms with van der Waals surface area (Å²) in [7, 11) is -3.46. The molecule has 0 amide bonds. The lowest BCUT2D eigenvalue weighted by atomic mass is 9.81. The van der Waals surface area contributed by atoms with Crippen LogP contribution in [0.15, 0.2) is 21.7 Å². The van der Waals surface area contributed by atoms with Gasteiger partial charge in [-0.3, -0.25) is 0 Å². The third kappa shape index (κ3) is 3.23. The molecule has 1 saturated heterocycles. The lowest BCUT2D eigenvalue weighted by Gasteiger charge is -2.41. The van der Waals surface area contributed by atoms with E-state index in [1.807, 2.05) is 32.2 Å². The molecule has 2 aromatic heterocycles. The van der Waals surface area contributed by atoms with Crippen LogP contribution in [0.4, 0.5) is 0 Å². The molecule has 0 spiro atoms. The van der Waals surface area contributed by atoms with Crippen LogP contribution in [-0.4, -0.2) is 36.8 Å². The molecule has 1 fully saturated rings. The van der Waals surface area contributed by atoms with Gasteiger partial charge in [-0.15, -0.1) is 22.7 Å². The first kappa shape index (κ1) is 17.0. The summed E-state index contributed by atoms with van der Waals surface area (Å²) in [6, 6.07) is 3.56. The van der Waals surface area contributed by atoms with Gasteiger partial charge in [-0.05, 0) is 30.9 Å². The van der Waals surface area contributed by atoms with Gasteiger partial charge in [0.05, 0.1) is 15.6 Å². The maximum Gasteiger partial charge on any atom is 0.252 e. The van der Waals surface area contributed by atoms with Crippen molar-refractivity contribution in [1.82, 2.24) is 9.29 Å². The zero-order valence-electron chi connectivity index (χ0n) is 13.4. The predicted molar refractivity (Wildman–Crippen MR) is 95.3 cm³/mol. The van der Waals surface area contributed by atoms with Crippen molar-refractivity contribution in [1.29, 1.82) is 0 Å². The Kier molecular flexibility index (Phi) is 4.39. The molecule has 0 saturated carbocycles. The van der Waals surface area contributed by atoms with Crippen LogP contribution in [0.3, 0.4) is 0 Å². The quantitative estimate of drug-likeness (QED) is 0.900. The van der Waals surface area contributed by atoms with Gasteiger partial charge in [-0.25, -0.2) is 13.4 Å². The van der Waals surface area contributed by atoms with Crippen LogP contribution in [-0.2, 0) is 10.0 Å². The number of sulfonamides is 1. The van der Waals surface area contributed by atoms with Crippen LogP contribution in [0, 0.1) is 12.3 Å². The van der Waals surface area contributed by atoms with Crippen molar-refractivity contribution in [3.8, 4) is 10.6 Å². The number of piperidine rings is 1. The minimum Gasteiger partial charge on any atom is -0.327 e. The molecule has 0 radical (unpaired) electrons. The molecule has 0 aromatic carbocycles. The molecular weight excluding hydrogens is 350 g/mol. The van der Waals surface area contributed by atoms with Gasteiger partial charge in [0.25, 0.3) is 10.0 Å². The number of thiazole rings is 1. The fourth-order valence-electron chi connectivity index (χ4n) is 2.73. The molecule has 126 valence electrons. The molecule has 2 aromatic rings. The maximum atomic E-state index is 12.9. The highest BCUT2D eigenvalue weighted by Gasteiger charge is 2.39. The summed E-state index contributed by atoms with van der Waals surface area (Å²) in [6.07, 6.45) is 0.690. The smallest absolute Gasteiger partial charge is 0.252 e. The summed E-state index contributed by atoms with van der Waals surface area (Å²) in [5, 5.41) is 2.94. The second-order valence-electron chi connectivity index (χ2n) is 6.59. The SMILES string of the molecule is Cc1nc(-c2ccc(S(=O)(=O)N3CCC(N)C(C)(C)C3)s2)cs1. The first-order valence-electron chi connectivity index (χ1n) is 7.48. The average Bonchev–Trinajstić information content (AvgIpc) is 3.10. The van der Waals surface area contributed by atoms with Gasteiger partial charge < -0.3 is 5.73 Å². The van der Waals surface area contributed by atoms with E-state index in [2.05, 4.69) is 4.98 Å². The first-order chi connectivity index (χ1) is 10.7. The van der Waals surface area contributed by atoms with E-state index in [4.69, 9.17) is 5.73 Å². The normalized spacial score (nSPS) is 22.3. The standard InChI is InChI=1S/C15H21N3O2S3/c1-10-17-11(8-21-10)12-4-5-14(22-12)23(19,20)18-7-6-13(16)15(2,3)9-18/h4-5,8,13H,6-7,9,16H2,1-3H3. The Morgan fingerprint density at radius 2 is 2.13 bits per heavy atom. The van der Waals surface area contributed by atoms with Gasteiger partial charge >= 0.3 is 0 Å². The molecule has 8 heteroatoms. The number of hydrogen-bond acceptors (Lipinski definition) is 6. The molecule has 23 heavy (non-hydrogen) atoms. The van der Waals surface area contributed by atoms with Crippen molar-refractivity contribution >= 4 is 32.7 Å². The number of rotatable bonds is 3. The van der Waals surface area contributed by atoms with Gasteiger partial charge in [0, 0.05) is 24.5 Å². The molecular formula is C15H21N3O2S3. The van der Waals surface area contributed by atoms with Crippen molar-refractivity contribution in [2.24, 2.45) is 11.1 Å². The largest absolute Gasteiger partial charge is 0.327 e. The van der Waals surface area contributed by atoms with Crippen molar-refractivity contribution in [2.75, 3.05) is 13.1 Å². The highest BCUT2D eigenvalue weighted by Crippen LogP contribution is 2.36. The second kappa shape index (κ2) is 5.93.